The number of ketones is 1. The highest BCUT2D eigenvalue weighted by molar-refractivity contribution is 6.51. The van der Waals surface area contributed by atoms with Gasteiger partial charge in [-0.15, -0.1) is 0 Å². The van der Waals surface area contributed by atoms with Gasteiger partial charge in [0.25, 0.3) is 11.7 Å². The van der Waals surface area contributed by atoms with Crippen molar-refractivity contribution in [1.29, 1.82) is 0 Å². The highest BCUT2D eigenvalue weighted by Crippen LogP contribution is 2.43. The standard InChI is InChI=1S/C28H27NO4/c1-4-16-33-22-14-12-21(13-15-22)26(30)24-25(20-8-6-5-7-9-20)29(28(32)27(24)31)23-17-18(2)10-11-19(23)3/h5-15,17,25,30H,4,16H2,1-3H3/b26-24+. The molecule has 1 unspecified atom stereocenters. The average Bonchev–Trinajstić information content (AvgIpc) is 3.10. The van der Waals surface area contributed by atoms with Crippen molar-refractivity contribution in [3.63, 3.8) is 0 Å². The second-order valence-corrected chi connectivity index (χ2v) is 8.24. The van der Waals surface area contributed by atoms with E-state index in [1.54, 1.807) is 24.3 Å². The summed E-state index contributed by atoms with van der Waals surface area (Å²) in [6.07, 6.45) is 0.890. The van der Waals surface area contributed by atoms with Gasteiger partial charge in [-0.3, -0.25) is 14.5 Å². The lowest BCUT2D eigenvalue weighted by atomic mass is 9.95. The molecule has 5 heteroatoms. The van der Waals surface area contributed by atoms with Crippen LogP contribution < -0.4 is 9.64 Å². The van der Waals surface area contributed by atoms with Crippen molar-refractivity contribution in [3.8, 4) is 5.75 Å². The van der Waals surface area contributed by atoms with Crippen LogP contribution in [-0.2, 0) is 9.59 Å². The fraction of sp³-hybridized carbons (Fsp3) is 0.214. The molecule has 1 heterocycles. The smallest absolute Gasteiger partial charge is 0.300 e. The van der Waals surface area contributed by atoms with Crippen molar-refractivity contribution in [2.75, 3.05) is 11.5 Å². The lowest BCUT2D eigenvalue weighted by Gasteiger charge is -2.27. The molecule has 1 fully saturated rings. The van der Waals surface area contributed by atoms with E-state index in [1.807, 2.05) is 69.3 Å². The summed E-state index contributed by atoms with van der Waals surface area (Å²) in [5, 5.41) is 11.2. The summed E-state index contributed by atoms with van der Waals surface area (Å²) in [4.78, 5) is 28.0. The van der Waals surface area contributed by atoms with Crippen molar-refractivity contribution in [2.45, 2.75) is 33.2 Å². The topological polar surface area (TPSA) is 66.8 Å². The van der Waals surface area contributed by atoms with Crippen LogP contribution in [0.3, 0.4) is 0 Å². The number of Topliss-reactive ketones (excluding diaryl/α,β-unsaturated/α-hetero) is 1. The first-order valence-electron chi connectivity index (χ1n) is 11.1. The van der Waals surface area contributed by atoms with E-state index in [0.29, 0.717) is 23.6 Å². The lowest BCUT2D eigenvalue weighted by Crippen LogP contribution is -2.30. The average molecular weight is 442 g/mol. The Bertz CT molecular complexity index is 1210. The fourth-order valence-corrected chi connectivity index (χ4v) is 4.10. The van der Waals surface area contributed by atoms with Crippen molar-refractivity contribution in [3.05, 3.63) is 101 Å². The molecule has 1 amide bonds. The lowest BCUT2D eigenvalue weighted by molar-refractivity contribution is -0.132. The Morgan fingerprint density at radius 1 is 0.970 bits per heavy atom. The molecule has 0 aliphatic carbocycles. The van der Waals surface area contributed by atoms with Crippen molar-refractivity contribution < 1.29 is 19.4 Å². The van der Waals surface area contributed by atoms with Crippen LogP contribution in [-0.4, -0.2) is 23.4 Å². The molecule has 0 radical (unpaired) electrons. The van der Waals surface area contributed by atoms with Crippen LogP contribution in [0.1, 0.15) is 41.6 Å². The van der Waals surface area contributed by atoms with Crippen molar-refractivity contribution in [2.24, 2.45) is 0 Å². The van der Waals surface area contributed by atoms with Gasteiger partial charge >= 0.3 is 0 Å². The Balaban J connectivity index is 1.86. The van der Waals surface area contributed by atoms with Crippen LogP contribution >= 0.6 is 0 Å². The van der Waals surface area contributed by atoms with Crippen molar-refractivity contribution in [1.82, 2.24) is 0 Å². The quantitative estimate of drug-likeness (QED) is 0.302. The minimum Gasteiger partial charge on any atom is -0.507 e. The molecule has 3 aromatic carbocycles. The second-order valence-electron chi connectivity index (χ2n) is 8.24. The number of amides is 1. The van der Waals surface area contributed by atoms with Crippen LogP contribution in [0.4, 0.5) is 5.69 Å². The third kappa shape index (κ3) is 4.27. The summed E-state index contributed by atoms with van der Waals surface area (Å²) in [7, 11) is 0. The number of ether oxygens (including phenoxy) is 1. The zero-order chi connectivity index (χ0) is 23.5. The monoisotopic (exact) mass is 441 g/mol. The molecule has 168 valence electrons. The van der Waals surface area contributed by atoms with Gasteiger partial charge in [-0.1, -0.05) is 49.4 Å². The Morgan fingerprint density at radius 3 is 2.33 bits per heavy atom. The highest BCUT2D eigenvalue weighted by atomic mass is 16.5. The third-order valence-electron chi connectivity index (χ3n) is 5.78. The second kappa shape index (κ2) is 9.33. The van der Waals surface area contributed by atoms with E-state index in [4.69, 9.17) is 4.74 Å². The van der Waals surface area contributed by atoms with Gasteiger partial charge in [0.15, 0.2) is 0 Å². The van der Waals surface area contributed by atoms with E-state index in [2.05, 4.69) is 0 Å². The van der Waals surface area contributed by atoms with Gasteiger partial charge in [0.1, 0.15) is 11.5 Å². The minimum absolute atomic E-state index is 0.0781. The zero-order valence-electron chi connectivity index (χ0n) is 19.0. The third-order valence-corrected chi connectivity index (χ3v) is 5.78. The molecule has 33 heavy (non-hydrogen) atoms. The molecule has 1 N–H and O–H groups in total. The normalized spacial score (nSPS) is 17.4. The number of rotatable bonds is 6. The van der Waals surface area contributed by atoms with E-state index < -0.39 is 17.7 Å². The molecular weight excluding hydrogens is 414 g/mol. The number of hydrogen-bond acceptors (Lipinski definition) is 4. The minimum atomic E-state index is -0.734. The number of aliphatic hydroxyl groups excluding tert-OH is 1. The summed E-state index contributed by atoms with van der Waals surface area (Å²) in [6, 6.07) is 21.3. The Morgan fingerprint density at radius 2 is 1.67 bits per heavy atom. The number of carbonyl (C=O) groups is 2. The maximum Gasteiger partial charge on any atom is 0.300 e. The number of carbonyl (C=O) groups excluding carboxylic acids is 2. The molecule has 1 atom stereocenters. The summed E-state index contributed by atoms with van der Waals surface area (Å²) in [6.45, 7) is 6.48. The van der Waals surface area contributed by atoms with E-state index in [1.165, 1.54) is 4.90 Å². The predicted octanol–water partition coefficient (Wildman–Crippen LogP) is 5.72. The van der Waals surface area contributed by atoms with Gasteiger partial charge in [0.05, 0.1) is 18.2 Å². The Labute approximate surface area is 193 Å². The van der Waals surface area contributed by atoms with E-state index >= 15 is 0 Å². The number of aryl methyl sites for hydroxylation is 2. The maximum absolute atomic E-state index is 13.3. The first-order valence-corrected chi connectivity index (χ1v) is 11.1. The number of aliphatic hydroxyl groups is 1. The van der Waals surface area contributed by atoms with E-state index in [9.17, 15) is 14.7 Å². The fourth-order valence-electron chi connectivity index (χ4n) is 4.10. The summed E-state index contributed by atoms with van der Waals surface area (Å²) in [5.74, 6) is -0.864. The summed E-state index contributed by atoms with van der Waals surface area (Å²) in [5.41, 5.74) is 3.80. The van der Waals surface area contributed by atoms with Crippen molar-refractivity contribution >= 4 is 23.1 Å². The van der Waals surface area contributed by atoms with Gasteiger partial charge < -0.3 is 9.84 Å². The summed E-state index contributed by atoms with van der Waals surface area (Å²) < 4.78 is 5.62. The van der Waals surface area contributed by atoms with Crippen LogP contribution in [0.2, 0.25) is 0 Å². The first kappa shape index (κ1) is 22.3. The predicted molar refractivity (Wildman–Crippen MR) is 129 cm³/mol. The molecule has 0 saturated carbocycles. The number of anilines is 1. The molecule has 1 aliphatic rings. The number of hydrogen-bond donors (Lipinski definition) is 1. The first-order chi connectivity index (χ1) is 15.9. The Hall–Kier alpha value is -3.86. The van der Waals surface area contributed by atoms with Gasteiger partial charge in [-0.05, 0) is 67.3 Å². The summed E-state index contributed by atoms with van der Waals surface area (Å²) >= 11 is 0. The Kier molecular flexibility index (Phi) is 6.31. The molecule has 1 saturated heterocycles. The van der Waals surface area contributed by atoms with Gasteiger partial charge in [-0.25, -0.2) is 0 Å². The molecule has 0 aromatic heterocycles. The molecule has 0 bridgehead atoms. The van der Waals surface area contributed by atoms with Gasteiger partial charge in [0.2, 0.25) is 0 Å². The zero-order valence-corrected chi connectivity index (χ0v) is 19.0. The van der Waals surface area contributed by atoms with E-state index in [-0.39, 0.29) is 11.3 Å². The number of nitrogens with zero attached hydrogens (tertiary/aromatic N) is 1. The largest absolute Gasteiger partial charge is 0.507 e. The van der Waals surface area contributed by atoms with Gasteiger partial charge in [-0.2, -0.15) is 0 Å². The maximum atomic E-state index is 13.3. The SMILES string of the molecule is CCCOc1ccc(/C(O)=C2\C(=O)C(=O)N(c3cc(C)ccc3C)C2c2ccccc2)cc1. The number of benzene rings is 3. The molecule has 0 spiro atoms. The van der Waals surface area contributed by atoms with Crippen LogP contribution in [0, 0.1) is 13.8 Å². The molecular formula is C28H27NO4. The highest BCUT2D eigenvalue weighted by Gasteiger charge is 2.47. The van der Waals surface area contributed by atoms with Crippen LogP contribution in [0.15, 0.2) is 78.4 Å². The molecule has 5 nitrogen and oxygen atoms in total. The van der Waals surface area contributed by atoms with Crippen LogP contribution in [0.5, 0.6) is 5.75 Å². The molecule has 3 aromatic rings. The van der Waals surface area contributed by atoms with Crippen LogP contribution in [0.25, 0.3) is 5.76 Å². The molecule has 1 aliphatic heterocycles. The molecule has 4 rings (SSSR count). The van der Waals surface area contributed by atoms with Gasteiger partial charge in [0, 0.05) is 11.3 Å². The van der Waals surface area contributed by atoms with E-state index in [0.717, 1.165) is 23.1 Å².